The van der Waals surface area contributed by atoms with Gasteiger partial charge in [0.05, 0.1) is 0 Å². The van der Waals surface area contributed by atoms with Crippen LogP contribution in [-0.2, 0) is 9.59 Å². The Morgan fingerprint density at radius 3 is 2.79 bits per heavy atom. The topological polar surface area (TPSA) is 34.1 Å². The van der Waals surface area contributed by atoms with Crippen molar-refractivity contribution in [1.82, 2.24) is 0 Å². The molecule has 0 aromatic heterocycles. The van der Waals surface area contributed by atoms with Gasteiger partial charge in [0.25, 0.3) is 0 Å². The third-order valence-electron chi connectivity index (χ3n) is 3.44. The van der Waals surface area contributed by atoms with E-state index < -0.39 is 0 Å². The van der Waals surface area contributed by atoms with Crippen molar-refractivity contribution in [1.29, 1.82) is 0 Å². The maximum atomic E-state index is 11.9. The Morgan fingerprint density at radius 1 is 1.57 bits per heavy atom. The van der Waals surface area contributed by atoms with E-state index >= 15 is 0 Å². The van der Waals surface area contributed by atoms with E-state index in [4.69, 9.17) is 0 Å². The lowest BCUT2D eigenvalue weighted by atomic mass is 9.68. The Labute approximate surface area is 86.1 Å². The molecular formula is C12H20O2. The smallest absolute Gasteiger partial charge is 0.141 e. The Morgan fingerprint density at radius 2 is 2.21 bits per heavy atom. The summed E-state index contributed by atoms with van der Waals surface area (Å²) >= 11 is 0. The van der Waals surface area contributed by atoms with Crippen molar-refractivity contribution in [2.45, 2.75) is 52.9 Å². The number of hydrogen-bond acceptors (Lipinski definition) is 2. The first kappa shape index (κ1) is 11.4. The number of Topliss-reactive ketones (excluding diaryl/α,β-unsaturated/α-hetero) is 2. The van der Waals surface area contributed by atoms with Crippen molar-refractivity contribution in [3.05, 3.63) is 0 Å². The third kappa shape index (κ3) is 2.43. The van der Waals surface area contributed by atoms with E-state index in [0.717, 1.165) is 25.7 Å². The molecule has 1 fully saturated rings. The summed E-state index contributed by atoms with van der Waals surface area (Å²) in [7, 11) is 0. The molecule has 0 aromatic rings. The molecule has 80 valence electrons. The zero-order valence-electron chi connectivity index (χ0n) is 9.43. The van der Waals surface area contributed by atoms with E-state index in [2.05, 4.69) is 0 Å². The number of carbonyl (C=O) groups is 2. The van der Waals surface area contributed by atoms with Gasteiger partial charge in [0, 0.05) is 17.8 Å². The predicted octanol–water partition coefficient (Wildman–Crippen LogP) is 2.75. The van der Waals surface area contributed by atoms with Crippen molar-refractivity contribution in [3.63, 3.8) is 0 Å². The standard InChI is InChI=1S/C12H20O2/c1-9-5-4-7-12(3,11(9)14)8-6-10(2)13/h9H,4-8H2,1-3H3/t9-,12-/m1/s1. The van der Waals surface area contributed by atoms with Crippen molar-refractivity contribution >= 4 is 11.6 Å². The highest BCUT2D eigenvalue weighted by Gasteiger charge is 2.38. The lowest BCUT2D eigenvalue weighted by Gasteiger charge is -2.35. The summed E-state index contributed by atoms with van der Waals surface area (Å²) in [4.78, 5) is 22.9. The first-order chi connectivity index (χ1) is 6.46. The van der Waals surface area contributed by atoms with E-state index in [1.54, 1.807) is 6.92 Å². The molecule has 1 saturated carbocycles. The monoisotopic (exact) mass is 196 g/mol. The van der Waals surface area contributed by atoms with Crippen LogP contribution in [0.4, 0.5) is 0 Å². The van der Waals surface area contributed by atoms with Crippen LogP contribution in [0, 0.1) is 11.3 Å². The van der Waals surface area contributed by atoms with E-state index in [1.807, 2.05) is 13.8 Å². The van der Waals surface area contributed by atoms with Crippen LogP contribution in [0.3, 0.4) is 0 Å². The van der Waals surface area contributed by atoms with Gasteiger partial charge in [-0.15, -0.1) is 0 Å². The van der Waals surface area contributed by atoms with E-state index in [0.29, 0.717) is 12.2 Å². The molecule has 0 N–H and O–H groups in total. The minimum Gasteiger partial charge on any atom is -0.300 e. The van der Waals surface area contributed by atoms with Gasteiger partial charge in [-0.3, -0.25) is 4.79 Å². The second kappa shape index (κ2) is 4.24. The van der Waals surface area contributed by atoms with Gasteiger partial charge in [0.2, 0.25) is 0 Å². The minimum absolute atomic E-state index is 0.192. The highest BCUT2D eigenvalue weighted by molar-refractivity contribution is 5.87. The van der Waals surface area contributed by atoms with Crippen molar-refractivity contribution in [3.8, 4) is 0 Å². The molecule has 0 heterocycles. The van der Waals surface area contributed by atoms with Crippen LogP contribution in [0.1, 0.15) is 52.9 Å². The van der Waals surface area contributed by atoms with Crippen molar-refractivity contribution < 1.29 is 9.59 Å². The summed E-state index contributed by atoms with van der Waals surface area (Å²) in [5, 5.41) is 0. The Bertz CT molecular complexity index is 245. The molecule has 0 bridgehead atoms. The molecular weight excluding hydrogens is 176 g/mol. The zero-order valence-corrected chi connectivity index (χ0v) is 9.43. The van der Waals surface area contributed by atoms with Gasteiger partial charge in [0.1, 0.15) is 11.6 Å². The third-order valence-corrected chi connectivity index (χ3v) is 3.44. The molecule has 14 heavy (non-hydrogen) atoms. The van der Waals surface area contributed by atoms with Crippen LogP contribution in [0.15, 0.2) is 0 Å². The molecule has 0 saturated heterocycles. The minimum atomic E-state index is -0.219. The molecule has 0 amide bonds. The lowest BCUT2D eigenvalue weighted by Crippen LogP contribution is -2.36. The summed E-state index contributed by atoms with van der Waals surface area (Å²) < 4.78 is 0. The lowest BCUT2D eigenvalue weighted by molar-refractivity contribution is -0.135. The molecule has 0 unspecified atom stereocenters. The summed E-state index contributed by atoms with van der Waals surface area (Å²) in [6.45, 7) is 5.63. The molecule has 1 aliphatic rings. The second-order valence-corrected chi connectivity index (χ2v) is 4.92. The van der Waals surface area contributed by atoms with Gasteiger partial charge in [-0.1, -0.05) is 20.3 Å². The number of hydrogen-bond donors (Lipinski definition) is 0. The highest BCUT2D eigenvalue weighted by Crippen LogP contribution is 2.39. The number of ketones is 2. The molecule has 1 rings (SSSR count). The van der Waals surface area contributed by atoms with Crippen LogP contribution in [0.25, 0.3) is 0 Å². The van der Waals surface area contributed by atoms with Gasteiger partial charge in [-0.05, 0) is 26.2 Å². The van der Waals surface area contributed by atoms with Crippen LogP contribution in [0.2, 0.25) is 0 Å². The summed E-state index contributed by atoms with van der Waals surface area (Å²) in [5.41, 5.74) is -0.219. The van der Waals surface area contributed by atoms with Gasteiger partial charge >= 0.3 is 0 Å². The molecule has 2 atom stereocenters. The zero-order chi connectivity index (χ0) is 10.8. The molecule has 0 aliphatic heterocycles. The van der Waals surface area contributed by atoms with E-state index in [1.165, 1.54) is 0 Å². The Hall–Kier alpha value is -0.660. The van der Waals surface area contributed by atoms with Crippen LogP contribution >= 0.6 is 0 Å². The van der Waals surface area contributed by atoms with Crippen molar-refractivity contribution in [2.75, 3.05) is 0 Å². The van der Waals surface area contributed by atoms with Crippen LogP contribution < -0.4 is 0 Å². The fraction of sp³-hybridized carbons (Fsp3) is 0.833. The average molecular weight is 196 g/mol. The van der Waals surface area contributed by atoms with E-state index in [9.17, 15) is 9.59 Å². The quantitative estimate of drug-likeness (QED) is 0.695. The predicted molar refractivity (Wildman–Crippen MR) is 56.0 cm³/mol. The molecule has 0 aromatic carbocycles. The normalized spacial score (nSPS) is 33.1. The molecule has 2 heteroatoms. The highest BCUT2D eigenvalue weighted by atomic mass is 16.1. The fourth-order valence-corrected chi connectivity index (χ4v) is 2.35. The maximum Gasteiger partial charge on any atom is 0.141 e. The molecule has 0 spiro atoms. The maximum absolute atomic E-state index is 11.9. The summed E-state index contributed by atoms with van der Waals surface area (Å²) in [5.74, 6) is 0.753. The second-order valence-electron chi connectivity index (χ2n) is 4.92. The number of rotatable bonds is 3. The van der Waals surface area contributed by atoms with Gasteiger partial charge in [0.15, 0.2) is 0 Å². The summed E-state index contributed by atoms with van der Waals surface area (Å²) in [6, 6.07) is 0. The van der Waals surface area contributed by atoms with Crippen molar-refractivity contribution in [2.24, 2.45) is 11.3 Å². The van der Waals surface area contributed by atoms with Gasteiger partial charge in [-0.25, -0.2) is 0 Å². The number of carbonyl (C=O) groups excluding carboxylic acids is 2. The Kier molecular flexibility index (Phi) is 3.46. The molecule has 0 radical (unpaired) electrons. The van der Waals surface area contributed by atoms with Gasteiger partial charge < -0.3 is 4.79 Å². The first-order valence-corrected chi connectivity index (χ1v) is 5.49. The summed E-state index contributed by atoms with van der Waals surface area (Å²) in [6.07, 6.45) is 4.40. The Balaban J connectivity index is 2.61. The average Bonchev–Trinajstić information content (AvgIpc) is 2.11. The van der Waals surface area contributed by atoms with E-state index in [-0.39, 0.29) is 17.1 Å². The first-order valence-electron chi connectivity index (χ1n) is 5.49. The fourth-order valence-electron chi connectivity index (χ4n) is 2.35. The van der Waals surface area contributed by atoms with Crippen LogP contribution in [-0.4, -0.2) is 11.6 Å². The largest absolute Gasteiger partial charge is 0.300 e. The SMILES string of the molecule is CC(=O)CC[C@@]1(C)CCC[C@@H](C)C1=O. The molecule has 1 aliphatic carbocycles. The molecule has 2 nitrogen and oxygen atoms in total. The van der Waals surface area contributed by atoms with Gasteiger partial charge in [-0.2, -0.15) is 0 Å². The van der Waals surface area contributed by atoms with Crippen LogP contribution in [0.5, 0.6) is 0 Å².